The van der Waals surface area contributed by atoms with Crippen molar-refractivity contribution in [1.82, 2.24) is 24.2 Å². The molecule has 2 aliphatic heterocycles. The molecule has 2 fully saturated rings. The SMILES string of the molecule is Cn1c(=O)n(CC(C)(C)C)c2ccc(N3C[C@H]4C[C@@H]3CN4C(=O)c3ccon3)nc21. The van der Waals surface area contributed by atoms with Gasteiger partial charge < -0.3 is 14.3 Å². The number of piperazine rings is 1. The van der Waals surface area contributed by atoms with E-state index in [0.717, 1.165) is 24.3 Å². The summed E-state index contributed by atoms with van der Waals surface area (Å²) in [5.41, 5.74) is 1.85. The van der Waals surface area contributed by atoms with Crippen LogP contribution in [-0.2, 0) is 13.6 Å². The minimum Gasteiger partial charge on any atom is -0.364 e. The lowest BCUT2D eigenvalue weighted by molar-refractivity contribution is 0.0715. The van der Waals surface area contributed by atoms with Crippen molar-refractivity contribution < 1.29 is 9.32 Å². The molecule has 2 bridgehead atoms. The third-order valence-electron chi connectivity index (χ3n) is 6.05. The van der Waals surface area contributed by atoms with Gasteiger partial charge >= 0.3 is 5.69 Å². The van der Waals surface area contributed by atoms with Gasteiger partial charge in [-0.05, 0) is 24.0 Å². The third kappa shape index (κ3) is 2.91. The van der Waals surface area contributed by atoms with E-state index in [1.54, 1.807) is 22.2 Å². The van der Waals surface area contributed by atoms with Crippen LogP contribution in [0, 0.1) is 5.41 Å². The summed E-state index contributed by atoms with van der Waals surface area (Å²) < 4.78 is 8.24. The molecule has 30 heavy (non-hydrogen) atoms. The molecule has 0 radical (unpaired) electrons. The zero-order chi connectivity index (χ0) is 21.2. The first-order valence-corrected chi connectivity index (χ1v) is 10.3. The zero-order valence-corrected chi connectivity index (χ0v) is 17.7. The number of carbonyl (C=O) groups excluding carboxylic acids is 1. The molecule has 2 saturated heterocycles. The highest BCUT2D eigenvalue weighted by Gasteiger charge is 2.46. The molecule has 0 aromatic carbocycles. The van der Waals surface area contributed by atoms with E-state index >= 15 is 0 Å². The summed E-state index contributed by atoms with van der Waals surface area (Å²) in [6.45, 7) is 8.36. The molecule has 5 rings (SSSR count). The van der Waals surface area contributed by atoms with E-state index in [1.165, 1.54) is 6.26 Å². The number of imidazole rings is 1. The van der Waals surface area contributed by atoms with E-state index in [4.69, 9.17) is 9.51 Å². The summed E-state index contributed by atoms with van der Waals surface area (Å²) in [7, 11) is 1.77. The summed E-state index contributed by atoms with van der Waals surface area (Å²) in [6, 6.07) is 5.93. The van der Waals surface area contributed by atoms with Crippen molar-refractivity contribution in [3.63, 3.8) is 0 Å². The minimum atomic E-state index is -0.0824. The molecule has 0 N–H and O–H groups in total. The summed E-state index contributed by atoms with van der Waals surface area (Å²) >= 11 is 0. The highest BCUT2D eigenvalue weighted by Crippen LogP contribution is 2.35. The highest BCUT2D eigenvalue weighted by molar-refractivity contribution is 5.93. The summed E-state index contributed by atoms with van der Waals surface area (Å²) in [6.07, 6.45) is 2.33. The number of nitrogens with zero attached hydrogens (tertiary/aromatic N) is 6. The Morgan fingerprint density at radius 2 is 2.00 bits per heavy atom. The van der Waals surface area contributed by atoms with E-state index in [9.17, 15) is 9.59 Å². The second-order valence-corrected chi connectivity index (χ2v) is 9.54. The maximum absolute atomic E-state index is 12.8. The van der Waals surface area contributed by atoms with Gasteiger partial charge in [-0.15, -0.1) is 0 Å². The fourth-order valence-electron chi connectivity index (χ4n) is 4.72. The van der Waals surface area contributed by atoms with Crippen LogP contribution in [0.25, 0.3) is 11.2 Å². The van der Waals surface area contributed by atoms with Crippen LogP contribution in [0.5, 0.6) is 0 Å². The lowest BCUT2D eigenvalue weighted by Crippen LogP contribution is -2.49. The molecule has 2 aliphatic rings. The number of anilines is 1. The zero-order valence-electron chi connectivity index (χ0n) is 17.7. The van der Waals surface area contributed by atoms with Gasteiger partial charge in [-0.2, -0.15) is 0 Å². The molecule has 1 amide bonds. The Balaban J connectivity index is 1.41. The Labute approximate surface area is 173 Å². The van der Waals surface area contributed by atoms with Gasteiger partial charge in [-0.3, -0.25) is 13.9 Å². The first-order chi connectivity index (χ1) is 14.2. The van der Waals surface area contributed by atoms with E-state index in [0.29, 0.717) is 24.4 Å². The standard InChI is InChI=1S/C21H26N6O3/c1-21(2,3)12-27-16-5-6-17(22-18(16)24(4)20(27)29)25-10-14-9-13(25)11-26(14)19(28)15-7-8-30-23-15/h5-8,13-14H,9-12H2,1-4H3/t13-,14-/m1/s1. The van der Waals surface area contributed by atoms with Crippen molar-refractivity contribution in [1.29, 1.82) is 0 Å². The fourth-order valence-corrected chi connectivity index (χ4v) is 4.72. The van der Waals surface area contributed by atoms with E-state index in [1.807, 2.05) is 17.0 Å². The second-order valence-electron chi connectivity index (χ2n) is 9.54. The Morgan fingerprint density at radius 1 is 1.20 bits per heavy atom. The molecule has 0 aliphatic carbocycles. The third-order valence-corrected chi connectivity index (χ3v) is 6.05. The van der Waals surface area contributed by atoms with Crippen molar-refractivity contribution >= 4 is 22.9 Å². The number of hydrogen-bond acceptors (Lipinski definition) is 6. The topological polar surface area (TPSA) is 89.4 Å². The number of aryl methyl sites for hydroxylation is 1. The van der Waals surface area contributed by atoms with Crippen LogP contribution in [0.2, 0.25) is 0 Å². The van der Waals surface area contributed by atoms with Crippen LogP contribution < -0.4 is 10.6 Å². The number of rotatable bonds is 3. The molecular weight excluding hydrogens is 384 g/mol. The number of likely N-dealkylation sites (tertiary alicyclic amines) is 1. The Kier molecular flexibility index (Phi) is 4.06. The van der Waals surface area contributed by atoms with Gasteiger partial charge in [-0.1, -0.05) is 25.9 Å². The summed E-state index contributed by atoms with van der Waals surface area (Å²) in [4.78, 5) is 34.4. The molecule has 3 aromatic heterocycles. The molecule has 0 unspecified atom stereocenters. The predicted molar refractivity (Wildman–Crippen MR) is 112 cm³/mol. The lowest BCUT2D eigenvalue weighted by Gasteiger charge is -2.34. The Morgan fingerprint density at radius 3 is 2.63 bits per heavy atom. The molecule has 2 atom stereocenters. The van der Waals surface area contributed by atoms with Crippen LogP contribution in [0.15, 0.2) is 33.8 Å². The van der Waals surface area contributed by atoms with E-state index in [2.05, 4.69) is 30.8 Å². The quantitative estimate of drug-likeness (QED) is 0.655. The molecule has 0 saturated carbocycles. The van der Waals surface area contributed by atoms with Crippen LogP contribution in [0.1, 0.15) is 37.7 Å². The van der Waals surface area contributed by atoms with Gasteiger partial charge in [0, 0.05) is 32.7 Å². The number of pyridine rings is 1. The average Bonchev–Trinajstić information content (AvgIpc) is 3.48. The van der Waals surface area contributed by atoms with Gasteiger partial charge in [0.05, 0.1) is 17.6 Å². The summed E-state index contributed by atoms with van der Waals surface area (Å²) in [5, 5.41) is 3.77. The molecule has 9 nitrogen and oxygen atoms in total. The van der Waals surface area contributed by atoms with Gasteiger partial charge in [0.15, 0.2) is 11.3 Å². The maximum Gasteiger partial charge on any atom is 0.330 e. The second kappa shape index (κ2) is 6.45. The van der Waals surface area contributed by atoms with Crippen LogP contribution in [-0.4, -0.2) is 55.3 Å². The number of amides is 1. The van der Waals surface area contributed by atoms with Crippen molar-refractivity contribution in [2.75, 3.05) is 18.0 Å². The Bertz CT molecular complexity index is 1170. The number of fused-ring (bicyclic) bond motifs is 3. The Hall–Kier alpha value is -3.10. The number of hydrogen-bond donors (Lipinski definition) is 0. The van der Waals surface area contributed by atoms with Gasteiger partial charge in [-0.25, -0.2) is 9.78 Å². The molecule has 5 heterocycles. The maximum atomic E-state index is 12.8. The average molecular weight is 410 g/mol. The van der Waals surface area contributed by atoms with Crippen molar-refractivity contribution in [2.45, 2.75) is 45.8 Å². The van der Waals surface area contributed by atoms with Crippen molar-refractivity contribution in [3.05, 3.63) is 40.6 Å². The number of aromatic nitrogens is 4. The molecule has 0 spiro atoms. The number of carbonyl (C=O) groups is 1. The lowest BCUT2D eigenvalue weighted by atomic mass is 9.97. The van der Waals surface area contributed by atoms with E-state index < -0.39 is 0 Å². The van der Waals surface area contributed by atoms with Crippen LogP contribution >= 0.6 is 0 Å². The van der Waals surface area contributed by atoms with E-state index in [-0.39, 0.29) is 29.1 Å². The van der Waals surface area contributed by atoms with Gasteiger partial charge in [0.1, 0.15) is 12.1 Å². The fraction of sp³-hybridized carbons (Fsp3) is 0.524. The first-order valence-electron chi connectivity index (χ1n) is 10.3. The molecule has 3 aromatic rings. The normalized spacial score (nSPS) is 21.2. The largest absolute Gasteiger partial charge is 0.364 e. The predicted octanol–water partition coefficient (Wildman–Crippen LogP) is 1.87. The van der Waals surface area contributed by atoms with Crippen molar-refractivity contribution in [2.24, 2.45) is 12.5 Å². The monoisotopic (exact) mass is 410 g/mol. The van der Waals surface area contributed by atoms with Gasteiger partial charge in [0.25, 0.3) is 5.91 Å². The summed E-state index contributed by atoms with van der Waals surface area (Å²) in [5.74, 6) is 0.771. The molecule has 9 heteroatoms. The van der Waals surface area contributed by atoms with Crippen molar-refractivity contribution in [3.8, 4) is 0 Å². The smallest absolute Gasteiger partial charge is 0.330 e. The highest BCUT2D eigenvalue weighted by atomic mass is 16.5. The minimum absolute atomic E-state index is 0.00920. The molecule has 158 valence electrons. The first kappa shape index (κ1) is 18.9. The van der Waals surface area contributed by atoms with Crippen LogP contribution in [0.4, 0.5) is 5.82 Å². The molecular formula is C21H26N6O3. The van der Waals surface area contributed by atoms with Gasteiger partial charge in [0.2, 0.25) is 0 Å². The van der Waals surface area contributed by atoms with Crippen LogP contribution in [0.3, 0.4) is 0 Å².